The summed E-state index contributed by atoms with van der Waals surface area (Å²) in [4.78, 5) is 38.9. The molecule has 122 valence electrons. The van der Waals surface area contributed by atoms with E-state index in [1.54, 1.807) is 16.7 Å². The van der Waals surface area contributed by atoms with Crippen LogP contribution < -0.4 is 0 Å². The summed E-state index contributed by atoms with van der Waals surface area (Å²) in [6.07, 6.45) is 0.688. The minimum Gasteiger partial charge on any atom is -0.340 e. The molecule has 0 bridgehead atoms. The SMILES string of the molecule is O=C(CSCc1ccccc1)N1CCC(N2C(=O)CSC2=O)C1. The van der Waals surface area contributed by atoms with Gasteiger partial charge in [-0.1, -0.05) is 42.1 Å². The molecule has 1 unspecified atom stereocenters. The van der Waals surface area contributed by atoms with Crippen molar-refractivity contribution in [1.29, 1.82) is 0 Å². The normalized spacial score (nSPS) is 21.3. The third kappa shape index (κ3) is 3.90. The average Bonchev–Trinajstić information content (AvgIpc) is 3.15. The van der Waals surface area contributed by atoms with Crippen molar-refractivity contribution >= 4 is 40.6 Å². The summed E-state index contributed by atoms with van der Waals surface area (Å²) in [5, 5.41) is -0.173. The summed E-state index contributed by atoms with van der Waals surface area (Å²) in [6.45, 7) is 1.10. The van der Waals surface area contributed by atoms with Crippen molar-refractivity contribution in [3.05, 3.63) is 35.9 Å². The Bertz CT molecular complexity index is 593. The molecule has 3 rings (SSSR count). The van der Waals surface area contributed by atoms with Crippen molar-refractivity contribution in [2.75, 3.05) is 24.6 Å². The fourth-order valence-electron chi connectivity index (χ4n) is 2.82. The maximum absolute atomic E-state index is 12.3. The van der Waals surface area contributed by atoms with Gasteiger partial charge in [-0.05, 0) is 12.0 Å². The Balaban J connectivity index is 1.46. The Hall–Kier alpha value is -1.47. The van der Waals surface area contributed by atoms with E-state index in [2.05, 4.69) is 0 Å². The number of carbonyl (C=O) groups is 3. The molecule has 0 radical (unpaired) electrons. The third-order valence-electron chi connectivity index (χ3n) is 4.00. The molecule has 2 saturated heterocycles. The Morgan fingerprint density at radius 3 is 2.74 bits per heavy atom. The number of hydrogen-bond acceptors (Lipinski definition) is 5. The highest BCUT2D eigenvalue weighted by Crippen LogP contribution is 2.26. The fourth-order valence-corrected chi connectivity index (χ4v) is 4.48. The molecule has 1 aromatic rings. The van der Waals surface area contributed by atoms with E-state index in [-0.39, 0.29) is 28.8 Å². The van der Waals surface area contributed by atoms with E-state index in [4.69, 9.17) is 0 Å². The van der Waals surface area contributed by atoms with Crippen molar-refractivity contribution in [3.8, 4) is 0 Å². The van der Waals surface area contributed by atoms with Crippen LogP contribution in [-0.2, 0) is 15.3 Å². The lowest BCUT2D eigenvalue weighted by atomic mass is 10.2. The first-order valence-corrected chi connectivity index (χ1v) is 9.67. The van der Waals surface area contributed by atoms with Crippen LogP contribution in [0.3, 0.4) is 0 Å². The fraction of sp³-hybridized carbons (Fsp3) is 0.438. The van der Waals surface area contributed by atoms with Crippen LogP contribution >= 0.6 is 23.5 Å². The lowest BCUT2D eigenvalue weighted by Gasteiger charge is -2.21. The van der Waals surface area contributed by atoms with Gasteiger partial charge in [-0.3, -0.25) is 19.3 Å². The van der Waals surface area contributed by atoms with Crippen LogP contribution in [0.1, 0.15) is 12.0 Å². The maximum Gasteiger partial charge on any atom is 0.289 e. The Kier molecular flexibility index (Phi) is 5.27. The van der Waals surface area contributed by atoms with Crippen LogP contribution in [0.15, 0.2) is 30.3 Å². The van der Waals surface area contributed by atoms with E-state index in [0.717, 1.165) is 17.5 Å². The molecule has 2 fully saturated rings. The highest BCUT2D eigenvalue weighted by molar-refractivity contribution is 8.14. The molecular weight excluding hydrogens is 332 g/mol. The van der Waals surface area contributed by atoms with Crippen molar-refractivity contribution in [3.63, 3.8) is 0 Å². The Morgan fingerprint density at radius 1 is 1.26 bits per heavy atom. The molecule has 7 heteroatoms. The highest BCUT2D eigenvalue weighted by Gasteiger charge is 2.40. The molecule has 0 aliphatic carbocycles. The summed E-state index contributed by atoms with van der Waals surface area (Å²) in [5.41, 5.74) is 1.20. The number of rotatable bonds is 5. The van der Waals surface area contributed by atoms with Crippen LogP contribution in [0, 0.1) is 0 Å². The molecule has 3 amide bonds. The third-order valence-corrected chi connectivity index (χ3v) is 5.83. The quantitative estimate of drug-likeness (QED) is 0.815. The molecule has 2 heterocycles. The first kappa shape index (κ1) is 16.4. The summed E-state index contributed by atoms with van der Waals surface area (Å²) in [6, 6.07) is 9.91. The molecular formula is C16H18N2O3S2. The van der Waals surface area contributed by atoms with E-state index in [1.807, 2.05) is 30.3 Å². The van der Waals surface area contributed by atoms with Crippen molar-refractivity contribution in [2.24, 2.45) is 0 Å². The van der Waals surface area contributed by atoms with Gasteiger partial charge in [-0.2, -0.15) is 0 Å². The topological polar surface area (TPSA) is 57.7 Å². The van der Waals surface area contributed by atoms with Crippen LogP contribution in [0.25, 0.3) is 0 Å². The lowest BCUT2D eigenvalue weighted by Crippen LogP contribution is -2.41. The van der Waals surface area contributed by atoms with Gasteiger partial charge < -0.3 is 4.90 Å². The number of imide groups is 1. The van der Waals surface area contributed by atoms with Gasteiger partial charge in [-0.15, -0.1) is 11.8 Å². The van der Waals surface area contributed by atoms with Crippen LogP contribution in [0.5, 0.6) is 0 Å². The number of thioether (sulfide) groups is 2. The second-order valence-electron chi connectivity index (χ2n) is 5.58. The predicted molar refractivity (Wildman–Crippen MR) is 92.3 cm³/mol. The number of benzene rings is 1. The zero-order valence-corrected chi connectivity index (χ0v) is 14.3. The van der Waals surface area contributed by atoms with Gasteiger partial charge in [0.15, 0.2) is 0 Å². The molecule has 0 saturated carbocycles. The van der Waals surface area contributed by atoms with Gasteiger partial charge in [-0.25, -0.2) is 0 Å². The number of carbonyl (C=O) groups excluding carboxylic acids is 3. The first-order chi connectivity index (χ1) is 11.1. The molecule has 2 aliphatic rings. The first-order valence-electron chi connectivity index (χ1n) is 7.53. The standard InChI is InChI=1S/C16H18N2O3S2/c19-14(10-22-9-12-4-2-1-3-5-12)17-7-6-13(8-17)18-15(20)11-23-16(18)21/h1-5,13H,6-11H2. The monoisotopic (exact) mass is 350 g/mol. The van der Waals surface area contributed by atoms with Crippen LogP contribution in [-0.4, -0.2) is 57.5 Å². The van der Waals surface area contributed by atoms with Gasteiger partial charge in [0, 0.05) is 18.8 Å². The van der Waals surface area contributed by atoms with Crippen molar-refractivity contribution in [2.45, 2.75) is 18.2 Å². The summed E-state index contributed by atoms with van der Waals surface area (Å²) in [5.74, 6) is 1.43. The maximum atomic E-state index is 12.3. The summed E-state index contributed by atoms with van der Waals surface area (Å²) < 4.78 is 0. The average molecular weight is 350 g/mol. The molecule has 2 aliphatic heterocycles. The van der Waals surface area contributed by atoms with E-state index < -0.39 is 0 Å². The van der Waals surface area contributed by atoms with Crippen LogP contribution in [0.2, 0.25) is 0 Å². The molecule has 5 nitrogen and oxygen atoms in total. The number of likely N-dealkylation sites (tertiary alicyclic amines) is 1. The van der Waals surface area contributed by atoms with Gasteiger partial charge in [0.25, 0.3) is 5.24 Å². The smallest absolute Gasteiger partial charge is 0.289 e. The van der Waals surface area contributed by atoms with E-state index in [1.165, 1.54) is 10.5 Å². The summed E-state index contributed by atoms with van der Waals surface area (Å²) in [7, 11) is 0. The molecule has 0 spiro atoms. The van der Waals surface area contributed by atoms with Crippen molar-refractivity contribution < 1.29 is 14.4 Å². The number of hydrogen-bond donors (Lipinski definition) is 0. The van der Waals surface area contributed by atoms with Gasteiger partial charge in [0.1, 0.15) is 0 Å². The Labute approximate surface area is 143 Å². The minimum absolute atomic E-state index is 0.0835. The minimum atomic E-state index is -0.173. The lowest BCUT2D eigenvalue weighted by molar-refractivity contribution is -0.129. The molecule has 1 aromatic carbocycles. The zero-order valence-electron chi connectivity index (χ0n) is 12.6. The van der Waals surface area contributed by atoms with E-state index in [0.29, 0.717) is 25.3 Å². The van der Waals surface area contributed by atoms with Crippen LogP contribution in [0.4, 0.5) is 4.79 Å². The van der Waals surface area contributed by atoms with Gasteiger partial charge in [0.05, 0.1) is 17.5 Å². The van der Waals surface area contributed by atoms with E-state index >= 15 is 0 Å². The molecule has 23 heavy (non-hydrogen) atoms. The molecule has 0 aromatic heterocycles. The van der Waals surface area contributed by atoms with Gasteiger partial charge in [0.2, 0.25) is 11.8 Å². The van der Waals surface area contributed by atoms with Gasteiger partial charge >= 0.3 is 0 Å². The molecule has 0 N–H and O–H groups in total. The largest absolute Gasteiger partial charge is 0.340 e. The predicted octanol–water partition coefficient (Wildman–Crippen LogP) is 2.22. The molecule has 1 atom stereocenters. The van der Waals surface area contributed by atoms with Crippen molar-refractivity contribution in [1.82, 2.24) is 9.80 Å². The summed E-state index contributed by atoms with van der Waals surface area (Å²) >= 11 is 2.64. The zero-order chi connectivity index (χ0) is 16.2. The van der Waals surface area contributed by atoms with E-state index in [9.17, 15) is 14.4 Å². The highest BCUT2D eigenvalue weighted by atomic mass is 32.2. The second-order valence-corrected chi connectivity index (χ2v) is 7.49. The number of nitrogens with zero attached hydrogens (tertiary/aromatic N) is 2. The number of amides is 3. The Morgan fingerprint density at radius 2 is 2.04 bits per heavy atom. The second kappa shape index (κ2) is 7.40.